The van der Waals surface area contributed by atoms with Crippen molar-refractivity contribution < 1.29 is 9.26 Å². The van der Waals surface area contributed by atoms with Crippen molar-refractivity contribution in [3.8, 4) is 5.75 Å². The third-order valence-corrected chi connectivity index (χ3v) is 2.28. The zero-order valence-electron chi connectivity index (χ0n) is 9.72. The number of hydrogen-bond donors (Lipinski definition) is 1. The molecule has 1 aromatic heterocycles. The molecule has 1 N–H and O–H groups in total. The summed E-state index contributed by atoms with van der Waals surface area (Å²) in [5.41, 5.74) is 1.12. The van der Waals surface area contributed by atoms with Gasteiger partial charge in [-0.05, 0) is 13.0 Å². The monoisotopic (exact) mass is 233 g/mol. The highest BCUT2D eigenvalue weighted by molar-refractivity contribution is 5.33. The van der Waals surface area contributed by atoms with Crippen LogP contribution in [0.5, 0.6) is 5.75 Å². The maximum atomic E-state index is 5.53. The summed E-state index contributed by atoms with van der Waals surface area (Å²) in [5, 5.41) is 6.96. The van der Waals surface area contributed by atoms with Crippen LogP contribution in [0.3, 0.4) is 0 Å². The second-order valence-corrected chi connectivity index (χ2v) is 3.49. The number of hydrogen-bond acceptors (Lipinski definition) is 5. The van der Waals surface area contributed by atoms with E-state index in [9.17, 15) is 0 Å². The molecular formula is C12H15N3O2. The SMILES string of the molecule is CCOc1ccccc1CNCc1ncon1. The molecule has 0 aliphatic carbocycles. The molecule has 0 aliphatic rings. The Morgan fingerprint density at radius 1 is 1.29 bits per heavy atom. The van der Waals surface area contributed by atoms with Gasteiger partial charge in [0, 0.05) is 12.1 Å². The normalized spacial score (nSPS) is 10.4. The summed E-state index contributed by atoms with van der Waals surface area (Å²) in [6.45, 7) is 3.94. The van der Waals surface area contributed by atoms with Crippen molar-refractivity contribution in [2.45, 2.75) is 20.0 Å². The highest BCUT2D eigenvalue weighted by atomic mass is 16.5. The van der Waals surface area contributed by atoms with Crippen LogP contribution in [0.4, 0.5) is 0 Å². The lowest BCUT2D eigenvalue weighted by molar-refractivity contribution is 0.335. The average Bonchev–Trinajstić information content (AvgIpc) is 2.85. The standard InChI is InChI=1S/C12H15N3O2/c1-2-16-11-6-4-3-5-10(11)7-13-8-12-14-9-17-15-12/h3-6,9,13H,2,7-8H2,1H3. The van der Waals surface area contributed by atoms with Crippen LogP contribution in [0.25, 0.3) is 0 Å². The van der Waals surface area contributed by atoms with E-state index >= 15 is 0 Å². The second-order valence-electron chi connectivity index (χ2n) is 3.49. The summed E-state index contributed by atoms with van der Waals surface area (Å²) in [4.78, 5) is 3.93. The van der Waals surface area contributed by atoms with Gasteiger partial charge in [-0.2, -0.15) is 4.98 Å². The van der Waals surface area contributed by atoms with Crippen molar-refractivity contribution in [3.05, 3.63) is 42.0 Å². The molecule has 0 amide bonds. The van der Waals surface area contributed by atoms with E-state index in [1.807, 2.05) is 31.2 Å². The maximum Gasteiger partial charge on any atom is 0.213 e. The number of ether oxygens (including phenoxy) is 1. The van der Waals surface area contributed by atoms with E-state index in [0.29, 0.717) is 25.5 Å². The fourth-order valence-corrected chi connectivity index (χ4v) is 1.53. The van der Waals surface area contributed by atoms with Gasteiger partial charge in [0.1, 0.15) is 5.75 Å². The lowest BCUT2D eigenvalue weighted by Gasteiger charge is -2.09. The molecule has 1 heterocycles. The Bertz CT molecular complexity index is 443. The van der Waals surface area contributed by atoms with Crippen LogP contribution in [0.1, 0.15) is 18.3 Å². The summed E-state index contributed by atoms with van der Waals surface area (Å²) in [7, 11) is 0. The van der Waals surface area contributed by atoms with Gasteiger partial charge in [0.15, 0.2) is 5.82 Å². The second kappa shape index (κ2) is 6.00. The van der Waals surface area contributed by atoms with Gasteiger partial charge in [0.2, 0.25) is 6.39 Å². The van der Waals surface area contributed by atoms with Gasteiger partial charge in [-0.15, -0.1) is 0 Å². The Hall–Kier alpha value is -1.88. The van der Waals surface area contributed by atoms with E-state index in [1.165, 1.54) is 6.39 Å². The minimum Gasteiger partial charge on any atom is -0.494 e. The Labute approximate surface area is 99.8 Å². The molecule has 0 fully saturated rings. The van der Waals surface area contributed by atoms with Crippen LogP contribution in [-0.2, 0) is 13.1 Å². The summed E-state index contributed by atoms with van der Waals surface area (Å²) >= 11 is 0. The number of para-hydroxylation sites is 1. The Kier molecular flexibility index (Phi) is 4.10. The van der Waals surface area contributed by atoms with Crippen molar-refractivity contribution >= 4 is 0 Å². The van der Waals surface area contributed by atoms with Gasteiger partial charge in [-0.1, -0.05) is 23.4 Å². The zero-order chi connectivity index (χ0) is 11.9. The third-order valence-electron chi connectivity index (χ3n) is 2.28. The van der Waals surface area contributed by atoms with Gasteiger partial charge in [0.25, 0.3) is 0 Å². The molecule has 0 atom stereocenters. The van der Waals surface area contributed by atoms with Crippen LogP contribution in [0, 0.1) is 0 Å². The molecule has 0 saturated carbocycles. The molecule has 90 valence electrons. The van der Waals surface area contributed by atoms with E-state index in [1.54, 1.807) is 0 Å². The number of rotatable bonds is 6. The molecule has 1 aromatic carbocycles. The van der Waals surface area contributed by atoms with Gasteiger partial charge >= 0.3 is 0 Å². The smallest absolute Gasteiger partial charge is 0.213 e. The van der Waals surface area contributed by atoms with Crippen LogP contribution >= 0.6 is 0 Å². The molecule has 0 radical (unpaired) electrons. The topological polar surface area (TPSA) is 60.2 Å². The van der Waals surface area contributed by atoms with Crippen LogP contribution in [0.2, 0.25) is 0 Å². The summed E-state index contributed by atoms with van der Waals surface area (Å²) in [6, 6.07) is 7.96. The summed E-state index contributed by atoms with van der Waals surface area (Å²) < 4.78 is 10.2. The van der Waals surface area contributed by atoms with Crippen LogP contribution in [-0.4, -0.2) is 16.7 Å². The first-order valence-corrected chi connectivity index (χ1v) is 5.57. The van der Waals surface area contributed by atoms with E-state index in [4.69, 9.17) is 4.74 Å². The number of nitrogens with zero attached hydrogens (tertiary/aromatic N) is 2. The van der Waals surface area contributed by atoms with Crippen molar-refractivity contribution in [1.82, 2.24) is 15.5 Å². The Morgan fingerprint density at radius 3 is 2.94 bits per heavy atom. The fourth-order valence-electron chi connectivity index (χ4n) is 1.53. The van der Waals surface area contributed by atoms with Gasteiger partial charge < -0.3 is 14.6 Å². The molecule has 17 heavy (non-hydrogen) atoms. The van der Waals surface area contributed by atoms with Gasteiger partial charge in [-0.3, -0.25) is 0 Å². The number of aromatic nitrogens is 2. The highest BCUT2D eigenvalue weighted by Gasteiger charge is 2.03. The maximum absolute atomic E-state index is 5.53. The molecule has 0 unspecified atom stereocenters. The van der Waals surface area contributed by atoms with Crippen molar-refractivity contribution in [1.29, 1.82) is 0 Å². The first-order chi connectivity index (χ1) is 8.40. The largest absolute Gasteiger partial charge is 0.494 e. The molecule has 5 heteroatoms. The molecule has 0 aliphatic heterocycles. The molecule has 0 bridgehead atoms. The van der Waals surface area contributed by atoms with Crippen molar-refractivity contribution in [2.75, 3.05) is 6.61 Å². The lowest BCUT2D eigenvalue weighted by Crippen LogP contribution is -2.14. The summed E-state index contributed by atoms with van der Waals surface area (Å²) in [6.07, 6.45) is 1.32. The highest BCUT2D eigenvalue weighted by Crippen LogP contribution is 2.17. The minimum absolute atomic E-state index is 0.580. The quantitative estimate of drug-likeness (QED) is 0.823. The van der Waals surface area contributed by atoms with Gasteiger partial charge in [-0.25, -0.2) is 0 Å². The van der Waals surface area contributed by atoms with Gasteiger partial charge in [0.05, 0.1) is 13.2 Å². The lowest BCUT2D eigenvalue weighted by atomic mass is 10.2. The van der Waals surface area contributed by atoms with Crippen molar-refractivity contribution in [2.24, 2.45) is 0 Å². The molecule has 5 nitrogen and oxygen atoms in total. The Morgan fingerprint density at radius 2 is 2.18 bits per heavy atom. The number of benzene rings is 1. The van der Waals surface area contributed by atoms with E-state index in [2.05, 4.69) is 20.0 Å². The predicted octanol–water partition coefficient (Wildman–Crippen LogP) is 1.76. The third kappa shape index (κ3) is 3.29. The molecule has 2 rings (SSSR count). The van der Waals surface area contributed by atoms with Crippen LogP contribution in [0.15, 0.2) is 35.2 Å². The average molecular weight is 233 g/mol. The van der Waals surface area contributed by atoms with E-state index in [-0.39, 0.29) is 0 Å². The first-order valence-electron chi connectivity index (χ1n) is 5.57. The number of nitrogens with one attached hydrogen (secondary N) is 1. The molecule has 0 spiro atoms. The van der Waals surface area contributed by atoms with Crippen LogP contribution < -0.4 is 10.1 Å². The molecule has 0 saturated heterocycles. The zero-order valence-corrected chi connectivity index (χ0v) is 9.72. The Balaban J connectivity index is 1.89. The molecule has 2 aromatic rings. The minimum atomic E-state index is 0.580. The first kappa shape index (κ1) is 11.6. The predicted molar refractivity (Wildman–Crippen MR) is 62.5 cm³/mol. The van der Waals surface area contributed by atoms with E-state index < -0.39 is 0 Å². The molecular weight excluding hydrogens is 218 g/mol. The van der Waals surface area contributed by atoms with Crippen molar-refractivity contribution in [3.63, 3.8) is 0 Å². The van der Waals surface area contributed by atoms with E-state index in [0.717, 1.165) is 11.3 Å². The summed E-state index contributed by atoms with van der Waals surface area (Å²) in [5.74, 6) is 1.56. The fraction of sp³-hybridized carbons (Fsp3) is 0.333.